The number of allylic oxidation sites excluding steroid dienone is 2. The first kappa shape index (κ1) is 76.0. The molecule has 12 atom stereocenters. The Balaban J connectivity index is 1.12. The number of primary amides is 1. The third-order valence-corrected chi connectivity index (χ3v) is 16.4. The lowest BCUT2D eigenvalue weighted by Crippen LogP contribution is -2.54. The minimum Gasteiger partial charge on any atom is -0.457 e. The number of rotatable bonds is 31. The van der Waals surface area contributed by atoms with Crippen LogP contribution in [0.25, 0.3) is 0 Å². The van der Waals surface area contributed by atoms with Crippen LogP contribution >= 0.6 is 0 Å². The van der Waals surface area contributed by atoms with Gasteiger partial charge in [-0.25, -0.2) is 14.4 Å². The van der Waals surface area contributed by atoms with Crippen LogP contribution in [0.2, 0.25) is 0 Å². The summed E-state index contributed by atoms with van der Waals surface area (Å²) >= 11 is 0. The van der Waals surface area contributed by atoms with Gasteiger partial charge in [-0.3, -0.25) is 38.5 Å². The van der Waals surface area contributed by atoms with Crippen LogP contribution in [0.5, 0.6) is 0 Å². The fourth-order valence-electron chi connectivity index (χ4n) is 10.8. The van der Waals surface area contributed by atoms with Crippen molar-refractivity contribution in [3.05, 3.63) is 77.9 Å². The van der Waals surface area contributed by atoms with Gasteiger partial charge in [0.15, 0.2) is 6.10 Å². The van der Waals surface area contributed by atoms with Crippen molar-refractivity contribution in [2.75, 3.05) is 71.0 Å². The van der Waals surface area contributed by atoms with Gasteiger partial charge in [-0.05, 0) is 88.1 Å². The predicted molar refractivity (Wildman–Crippen MR) is 337 cm³/mol. The number of hydrogen-bond donors (Lipinski definition) is 8. The number of piperazine rings is 1. The van der Waals surface area contributed by atoms with Gasteiger partial charge in [0.2, 0.25) is 17.7 Å². The highest BCUT2D eigenvalue weighted by atomic mass is 16.6. The molecular weight excluding hydrogens is 1210 g/mol. The Kier molecular flexibility index (Phi) is 29.9. The van der Waals surface area contributed by atoms with Gasteiger partial charge >= 0.3 is 30.2 Å². The largest absolute Gasteiger partial charge is 0.457 e. The second-order valence-corrected chi connectivity index (χ2v) is 24.7. The van der Waals surface area contributed by atoms with Gasteiger partial charge in [-0.1, -0.05) is 71.1 Å². The first-order valence-corrected chi connectivity index (χ1v) is 31.8. The minimum absolute atomic E-state index is 0.00821. The van der Waals surface area contributed by atoms with Crippen LogP contribution in [0, 0.1) is 17.8 Å². The Labute approximate surface area is 543 Å². The van der Waals surface area contributed by atoms with Gasteiger partial charge in [0, 0.05) is 82.2 Å². The number of esters is 2. The quantitative estimate of drug-likeness (QED) is 0.0100. The van der Waals surface area contributed by atoms with Crippen LogP contribution in [0.3, 0.4) is 0 Å². The predicted octanol–water partition coefficient (Wildman–Crippen LogP) is 3.60. The second kappa shape index (κ2) is 36.6. The van der Waals surface area contributed by atoms with Crippen LogP contribution < -0.4 is 27.0 Å². The molecule has 0 aromatic heterocycles. The zero-order valence-corrected chi connectivity index (χ0v) is 54.8. The molecule has 1 aromatic rings. The smallest absolute Gasteiger partial charge is 0.410 e. The standard InChI is InChI=1S/C65H96N8O20/c1-10-49(76)43(6)58-50(90-58)38-64(8,86)25-11-13-41(4)57-42(5)15-20-51(65(9,93-44(7)74)26-23-47(75)37-55(80)92-57)91-63(85)72-30-28-71(29-31-72)62(84)89-39-45-16-18-46(19-17-45)68-59(81)48(14-12-27-67-61(66)83)69-60(82)56(40(2)3)70-52(77)24-33-87-35-36-88-34-32-73-53(78)21-22-54(73)79/h11,13,15-22,25,40,42-43,47-51,56-58,75-76,86H,10,12,14,23-24,26-39H2,1-9H3,(H,68,81)(H,69,82)(H,70,77)(H3,66,67,83)/b20-15+,25-11+,41-13+/t42-,43+,47+,48-,49-,50+,51-,56-,57+,58+,64-,65+/m0/s1. The number of benzene rings is 1. The summed E-state index contributed by atoms with van der Waals surface area (Å²) in [6.45, 7) is 16.0. The van der Waals surface area contributed by atoms with Crippen molar-refractivity contribution in [2.45, 2.75) is 180 Å². The van der Waals surface area contributed by atoms with Crippen molar-refractivity contribution >= 4 is 65.4 Å². The normalized spacial score (nSPS) is 24.3. The van der Waals surface area contributed by atoms with Crippen molar-refractivity contribution < 1.29 is 96.4 Å². The zero-order chi connectivity index (χ0) is 68.6. The molecule has 1 aromatic carbocycles. The molecule has 0 radical (unpaired) electrons. The number of aliphatic hydroxyl groups is 3. The van der Waals surface area contributed by atoms with Gasteiger partial charge in [0.1, 0.15) is 30.4 Å². The average Bonchev–Trinajstić information content (AvgIpc) is 1.74. The third kappa shape index (κ3) is 25.2. The molecule has 0 unspecified atom stereocenters. The molecule has 28 nitrogen and oxygen atoms in total. The van der Waals surface area contributed by atoms with Crippen molar-refractivity contribution in [3.8, 4) is 0 Å². The zero-order valence-electron chi connectivity index (χ0n) is 54.8. The first-order chi connectivity index (χ1) is 44.0. The van der Waals surface area contributed by atoms with E-state index in [0.29, 0.717) is 29.7 Å². The number of nitrogens with zero attached hydrogens (tertiary/aromatic N) is 3. The lowest BCUT2D eigenvalue weighted by atomic mass is 9.88. The Bertz CT molecular complexity index is 2840. The highest BCUT2D eigenvalue weighted by molar-refractivity contribution is 6.12. The molecule has 0 spiro atoms. The Morgan fingerprint density at radius 3 is 2.16 bits per heavy atom. The van der Waals surface area contributed by atoms with E-state index in [1.807, 2.05) is 13.8 Å². The molecule has 0 aliphatic carbocycles. The van der Waals surface area contributed by atoms with Crippen LogP contribution in [0.15, 0.2) is 72.4 Å². The number of cyclic esters (lactones) is 1. The number of nitrogens with one attached hydrogen (secondary N) is 4. The minimum atomic E-state index is -1.50. The van der Waals surface area contributed by atoms with Crippen LogP contribution in [0.4, 0.5) is 20.1 Å². The molecule has 2 saturated heterocycles. The molecule has 4 aliphatic heterocycles. The molecule has 0 bridgehead atoms. The molecule has 2 fully saturated rings. The summed E-state index contributed by atoms with van der Waals surface area (Å²) in [7, 11) is 0. The Hall–Kier alpha value is -7.76. The molecular formula is C65H96N8O20. The van der Waals surface area contributed by atoms with E-state index in [2.05, 4.69) is 21.3 Å². The van der Waals surface area contributed by atoms with Gasteiger partial charge in [-0.2, -0.15) is 0 Å². The number of ether oxygens (including phenoxy) is 7. The number of amides is 9. The number of hydrogen-bond acceptors (Lipinski definition) is 20. The van der Waals surface area contributed by atoms with Crippen molar-refractivity contribution in [1.29, 1.82) is 0 Å². The van der Waals surface area contributed by atoms with Gasteiger partial charge in [-0.15, -0.1) is 0 Å². The number of urea groups is 1. The second-order valence-electron chi connectivity index (χ2n) is 24.7. The molecule has 4 aliphatic rings. The monoisotopic (exact) mass is 1310 g/mol. The number of nitrogens with two attached hydrogens (primary N) is 1. The molecule has 28 heteroatoms. The van der Waals surface area contributed by atoms with E-state index in [9.17, 15) is 63.3 Å². The fourth-order valence-corrected chi connectivity index (χ4v) is 10.8. The molecule has 0 saturated carbocycles. The molecule has 9 N–H and O–H groups in total. The summed E-state index contributed by atoms with van der Waals surface area (Å²) in [5.74, 6) is -4.88. The molecule has 9 amide bonds. The SMILES string of the molecule is CC[C@H](O)[C@@H](C)[C@H]1O[C@@H]1C[C@@](C)(O)/C=C/C=C(\C)[C@H]1OC(=O)C[C@H](O)CC[C@@](C)(OC(C)=O)[C@@H](OC(=O)N2CCN(C(=O)OCc3ccc(NC(=O)[C@H](CCCNC(N)=O)NC(=O)[C@@H](NC(=O)CCOCCOCCN4C(=O)C=CC4=O)C(C)C)cc3)CC2)/C=C/[C@@H]1C. The van der Waals surface area contributed by atoms with E-state index in [1.165, 1.54) is 28.9 Å². The van der Waals surface area contributed by atoms with E-state index in [0.717, 1.165) is 4.90 Å². The van der Waals surface area contributed by atoms with Crippen LogP contribution in [0.1, 0.15) is 119 Å². The maximum Gasteiger partial charge on any atom is 0.410 e. The first-order valence-electron chi connectivity index (χ1n) is 31.8. The fraction of sp³-hybridized carbons (Fsp3) is 0.631. The molecule has 4 heterocycles. The summed E-state index contributed by atoms with van der Waals surface area (Å²) in [6.07, 6.45) is 5.78. The van der Waals surface area contributed by atoms with Gasteiger partial charge < -0.3 is 85.3 Å². The van der Waals surface area contributed by atoms with Gasteiger partial charge in [0.25, 0.3) is 11.8 Å². The highest BCUT2D eigenvalue weighted by Crippen LogP contribution is 2.38. The highest BCUT2D eigenvalue weighted by Gasteiger charge is 2.47. The van der Waals surface area contributed by atoms with E-state index < -0.39 is 119 Å². The number of aliphatic hydroxyl groups excluding tert-OH is 2. The molecule has 5 rings (SSSR count). The molecule has 93 heavy (non-hydrogen) atoms. The van der Waals surface area contributed by atoms with Crippen molar-refractivity contribution in [2.24, 2.45) is 23.5 Å². The summed E-state index contributed by atoms with van der Waals surface area (Å²) in [5, 5.41) is 43.2. The summed E-state index contributed by atoms with van der Waals surface area (Å²) < 4.78 is 40.2. The van der Waals surface area contributed by atoms with Crippen LogP contribution in [-0.4, -0.2) is 215 Å². The number of imide groups is 1. The van der Waals surface area contributed by atoms with E-state index in [1.54, 1.807) is 96.2 Å². The topological polar surface area (TPSA) is 383 Å². The number of carbonyl (C=O) groups excluding carboxylic acids is 10. The number of carbonyl (C=O) groups is 10. The van der Waals surface area contributed by atoms with E-state index in [-0.39, 0.29) is 129 Å². The Morgan fingerprint density at radius 2 is 1.54 bits per heavy atom. The van der Waals surface area contributed by atoms with Crippen molar-refractivity contribution in [3.63, 3.8) is 0 Å². The maximum atomic E-state index is 14.0. The maximum absolute atomic E-state index is 14.0. The van der Waals surface area contributed by atoms with E-state index >= 15 is 0 Å². The Morgan fingerprint density at radius 1 is 0.892 bits per heavy atom. The molecule has 516 valence electrons. The third-order valence-electron chi connectivity index (χ3n) is 16.4. The number of anilines is 1. The number of epoxide rings is 1. The van der Waals surface area contributed by atoms with Gasteiger partial charge in [0.05, 0.1) is 69.4 Å². The van der Waals surface area contributed by atoms with E-state index in [4.69, 9.17) is 38.9 Å². The summed E-state index contributed by atoms with van der Waals surface area (Å²) in [6, 6.07) is 3.50. The summed E-state index contributed by atoms with van der Waals surface area (Å²) in [4.78, 5) is 132. The summed E-state index contributed by atoms with van der Waals surface area (Å²) in [5.41, 5.74) is 3.97. The van der Waals surface area contributed by atoms with Crippen molar-refractivity contribution in [1.82, 2.24) is 30.7 Å². The van der Waals surface area contributed by atoms with Crippen LogP contribution in [-0.2, 0) is 73.3 Å². The lowest BCUT2D eigenvalue weighted by Gasteiger charge is -2.38. The average molecular weight is 1310 g/mol. The lowest BCUT2D eigenvalue weighted by molar-refractivity contribution is -0.168.